The number of rotatable bonds is 3. The molecule has 0 spiro atoms. The highest BCUT2D eigenvalue weighted by Gasteiger charge is 2.31. The summed E-state index contributed by atoms with van der Waals surface area (Å²) < 4.78 is 22.9. The van der Waals surface area contributed by atoms with E-state index in [9.17, 15) is 18.0 Å². The average Bonchev–Trinajstić information content (AvgIpc) is 2.75. The molecule has 0 aromatic heterocycles. The molecule has 3 atom stereocenters. The number of carboxylic acid groups (broad SMARTS) is 1. The number of hydrogen-bond donors (Lipinski definition) is 3. The van der Waals surface area contributed by atoms with Crippen LogP contribution in [0.4, 0.5) is 4.79 Å². The van der Waals surface area contributed by atoms with Crippen molar-refractivity contribution in [3.63, 3.8) is 0 Å². The molecule has 3 N–H and O–H groups in total. The Kier molecular flexibility index (Phi) is 4.52. The van der Waals surface area contributed by atoms with Crippen molar-refractivity contribution in [2.24, 2.45) is 5.92 Å². The van der Waals surface area contributed by atoms with E-state index in [2.05, 4.69) is 10.6 Å². The van der Waals surface area contributed by atoms with E-state index >= 15 is 0 Å². The maximum absolute atomic E-state index is 11.8. The van der Waals surface area contributed by atoms with Crippen LogP contribution in [-0.2, 0) is 14.6 Å². The molecule has 0 bridgehead atoms. The van der Waals surface area contributed by atoms with Crippen LogP contribution in [0.2, 0.25) is 0 Å². The van der Waals surface area contributed by atoms with Gasteiger partial charge in [-0.3, -0.25) is 4.79 Å². The Balaban J connectivity index is 1.77. The first-order chi connectivity index (χ1) is 9.35. The van der Waals surface area contributed by atoms with Crippen LogP contribution in [0.15, 0.2) is 0 Å². The molecule has 1 aliphatic heterocycles. The fraction of sp³-hybridized carbons (Fsp3) is 0.833. The first-order valence-electron chi connectivity index (χ1n) is 6.86. The van der Waals surface area contributed by atoms with Gasteiger partial charge in [-0.05, 0) is 32.1 Å². The molecule has 0 radical (unpaired) electrons. The second-order valence-electron chi connectivity index (χ2n) is 5.62. The Morgan fingerprint density at radius 2 is 1.75 bits per heavy atom. The molecule has 1 aliphatic carbocycles. The van der Waals surface area contributed by atoms with E-state index in [0.29, 0.717) is 32.1 Å². The minimum Gasteiger partial charge on any atom is -0.481 e. The van der Waals surface area contributed by atoms with E-state index < -0.39 is 27.8 Å². The zero-order chi connectivity index (χ0) is 14.8. The van der Waals surface area contributed by atoms with Crippen molar-refractivity contribution >= 4 is 21.8 Å². The molecule has 1 saturated heterocycles. The smallest absolute Gasteiger partial charge is 0.315 e. The van der Waals surface area contributed by atoms with Crippen LogP contribution >= 0.6 is 0 Å². The van der Waals surface area contributed by atoms with Crippen LogP contribution in [0.5, 0.6) is 0 Å². The second-order valence-corrected chi connectivity index (χ2v) is 7.85. The van der Waals surface area contributed by atoms with Gasteiger partial charge in [0.15, 0.2) is 9.84 Å². The average molecular weight is 304 g/mol. The van der Waals surface area contributed by atoms with Crippen LogP contribution in [-0.4, -0.2) is 49.1 Å². The highest BCUT2D eigenvalue weighted by molar-refractivity contribution is 7.91. The highest BCUT2D eigenvalue weighted by atomic mass is 32.2. The van der Waals surface area contributed by atoms with E-state index in [4.69, 9.17) is 5.11 Å². The van der Waals surface area contributed by atoms with Gasteiger partial charge in [-0.2, -0.15) is 0 Å². The summed E-state index contributed by atoms with van der Waals surface area (Å²) in [6.07, 6.45) is 2.88. The zero-order valence-corrected chi connectivity index (χ0v) is 12.0. The summed E-state index contributed by atoms with van der Waals surface area (Å²) in [6, 6.07) is -0.884. The van der Waals surface area contributed by atoms with E-state index in [1.807, 2.05) is 0 Å². The monoisotopic (exact) mass is 304 g/mol. The summed E-state index contributed by atoms with van der Waals surface area (Å²) in [5.74, 6) is -1.04. The number of nitrogens with one attached hydrogen (secondary N) is 2. The van der Waals surface area contributed by atoms with Crippen molar-refractivity contribution in [3.05, 3.63) is 0 Å². The van der Waals surface area contributed by atoms with Crippen molar-refractivity contribution in [2.75, 3.05) is 11.5 Å². The summed E-state index contributed by atoms with van der Waals surface area (Å²) >= 11 is 0. The van der Waals surface area contributed by atoms with E-state index in [-0.39, 0.29) is 23.6 Å². The third-order valence-electron chi connectivity index (χ3n) is 3.92. The third-order valence-corrected chi connectivity index (χ3v) is 5.74. The maximum atomic E-state index is 11.8. The van der Waals surface area contributed by atoms with Gasteiger partial charge in [0.1, 0.15) is 0 Å². The quantitative estimate of drug-likeness (QED) is 0.685. The van der Waals surface area contributed by atoms with Gasteiger partial charge in [-0.25, -0.2) is 13.2 Å². The van der Waals surface area contributed by atoms with Crippen LogP contribution in [0, 0.1) is 5.92 Å². The molecule has 1 saturated carbocycles. The van der Waals surface area contributed by atoms with E-state index in [0.717, 1.165) is 0 Å². The number of aliphatic carboxylic acids is 1. The highest BCUT2D eigenvalue weighted by Crippen LogP contribution is 2.25. The topological polar surface area (TPSA) is 113 Å². The van der Waals surface area contributed by atoms with Crippen molar-refractivity contribution < 1.29 is 23.1 Å². The number of carboxylic acids is 1. The molecule has 1 unspecified atom stereocenters. The Morgan fingerprint density at radius 1 is 1.05 bits per heavy atom. The fourth-order valence-electron chi connectivity index (χ4n) is 2.89. The first-order valence-corrected chi connectivity index (χ1v) is 8.68. The molecule has 2 rings (SSSR count). The summed E-state index contributed by atoms with van der Waals surface area (Å²) in [4.78, 5) is 22.6. The van der Waals surface area contributed by atoms with Gasteiger partial charge in [0.2, 0.25) is 0 Å². The lowest BCUT2D eigenvalue weighted by Crippen LogP contribution is -2.49. The molecule has 1 heterocycles. The number of carbonyl (C=O) groups is 2. The number of amides is 2. The molecule has 0 aromatic carbocycles. The standard InChI is InChI=1S/C12H20N2O5S/c15-11(16)8-3-4-9(6-8)13-12(17)14-10-2-1-5-20(18,19)7-10/h8-10H,1-7H2,(H,15,16)(H2,13,14,17)/t8-,9+,10?/m1/s1. The summed E-state index contributed by atoms with van der Waals surface area (Å²) in [5, 5.41) is 14.3. The second kappa shape index (κ2) is 5.99. The van der Waals surface area contributed by atoms with Crippen LogP contribution in [0.3, 0.4) is 0 Å². The molecule has 2 amide bonds. The molecule has 0 aromatic rings. The Labute approximate surface area is 118 Å². The Bertz CT molecular complexity index is 490. The minimum absolute atomic E-state index is 0.0111. The first kappa shape index (κ1) is 15.1. The van der Waals surface area contributed by atoms with Gasteiger partial charge in [0.05, 0.1) is 17.4 Å². The number of hydrogen-bond acceptors (Lipinski definition) is 4. The van der Waals surface area contributed by atoms with E-state index in [1.54, 1.807) is 0 Å². The van der Waals surface area contributed by atoms with Crippen molar-refractivity contribution in [1.82, 2.24) is 10.6 Å². The molecule has 7 nitrogen and oxygen atoms in total. The lowest BCUT2D eigenvalue weighted by molar-refractivity contribution is -0.141. The summed E-state index contributed by atoms with van der Waals surface area (Å²) in [5.41, 5.74) is 0. The van der Waals surface area contributed by atoms with Gasteiger partial charge >= 0.3 is 12.0 Å². The summed E-state index contributed by atoms with van der Waals surface area (Å²) in [6.45, 7) is 0. The number of sulfone groups is 1. The third kappa shape index (κ3) is 4.09. The van der Waals surface area contributed by atoms with Crippen molar-refractivity contribution in [2.45, 2.75) is 44.2 Å². The molecule has 2 aliphatic rings. The van der Waals surface area contributed by atoms with Crippen molar-refractivity contribution in [3.8, 4) is 0 Å². The molecular weight excluding hydrogens is 284 g/mol. The van der Waals surface area contributed by atoms with Gasteiger partial charge in [-0.15, -0.1) is 0 Å². The molecule has 20 heavy (non-hydrogen) atoms. The van der Waals surface area contributed by atoms with Crippen LogP contribution in [0.25, 0.3) is 0 Å². The largest absolute Gasteiger partial charge is 0.481 e. The molecule has 8 heteroatoms. The van der Waals surface area contributed by atoms with Gasteiger partial charge < -0.3 is 15.7 Å². The predicted molar refractivity (Wildman–Crippen MR) is 72.1 cm³/mol. The number of carbonyl (C=O) groups excluding carboxylic acids is 1. The SMILES string of the molecule is O=C(NC1CCCS(=O)(=O)C1)N[C@H]1CC[C@@H](C(=O)O)C1. The lowest BCUT2D eigenvalue weighted by Gasteiger charge is -2.24. The van der Waals surface area contributed by atoms with Crippen LogP contribution in [0.1, 0.15) is 32.1 Å². The summed E-state index contributed by atoms with van der Waals surface area (Å²) in [7, 11) is -3.05. The Morgan fingerprint density at radius 3 is 2.35 bits per heavy atom. The maximum Gasteiger partial charge on any atom is 0.315 e. The predicted octanol–water partition coefficient (Wildman–Crippen LogP) is 0.116. The molecular formula is C12H20N2O5S. The lowest BCUT2D eigenvalue weighted by atomic mass is 10.1. The molecule has 114 valence electrons. The Hall–Kier alpha value is -1.31. The fourth-order valence-corrected chi connectivity index (χ4v) is 4.52. The van der Waals surface area contributed by atoms with Crippen molar-refractivity contribution in [1.29, 1.82) is 0 Å². The van der Waals surface area contributed by atoms with E-state index in [1.165, 1.54) is 0 Å². The van der Waals surface area contributed by atoms with Gasteiger partial charge in [-0.1, -0.05) is 0 Å². The number of urea groups is 1. The zero-order valence-electron chi connectivity index (χ0n) is 11.2. The molecule has 2 fully saturated rings. The van der Waals surface area contributed by atoms with Crippen LogP contribution < -0.4 is 10.6 Å². The normalized spacial score (nSPS) is 32.5. The van der Waals surface area contributed by atoms with Gasteiger partial charge in [0.25, 0.3) is 0 Å². The minimum atomic E-state index is -3.05. The van der Waals surface area contributed by atoms with Gasteiger partial charge in [0, 0.05) is 12.1 Å².